The predicted octanol–water partition coefficient (Wildman–Crippen LogP) is 3.93. The van der Waals surface area contributed by atoms with Gasteiger partial charge in [-0.25, -0.2) is 4.79 Å². The van der Waals surface area contributed by atoms with Gasteiger partial charge in [-0.2, -0.15) is 0 Å². The van der Waals surface area contributed by atoms with E-state index in [-0.39, 0.29) is 0 Å². The van der Waals surface area contributed by atoms with E-state index in [1.54, 1.807) is 6.07 Å². The third kappa shape index (κ3) is 2.39. The zero-order valence-corrected chi connectivity index (χ0v) is 11.4. The van der Waals surface area contributed by atoms with Gasteiger partial charge >= 0.3 is 5.97 Å². The van der Waals surface area contributed by atoms with Crippen molar-refractivity contribution in [2.45, 2.75) is 26.2 Å². The topological polar surface area (TPSA) is 49.3 Å². The van der Waals surface area contributed by atoms with Crippen LogP contribution in [0.15, 0.2) is 36.4 Å². The van der Waals surface area contributed by atoms with Crippen LogP contribution in [-0.2, 0) is 12.8 Å². The largest absolute Gasteiger partial charge is 0.478 e. The molecule has 3 rings (SSSR count). The zero-order chi connectivity index (χ0) is 14.1. The lowest BCUT2D eigenvalue weighted by atomic mass is 10.1. The second-order valence-electron chi connectivity index (χ2n) is 5.30. The molecule has 2 N–H and O–H groups in total. The van der Waals surface area contributed by atoms with Gasteiger partial charge in [0, 0.05) is 11.4 Å². The normalized spacial score (nSPS) is 13.1. The molecule has 3 nitrogen and oxygen atoms in total. The molecule has 0 unspecified atom stereocenters. The van der Waals surface area contributed by atoms with E-state index in [0.717, 1.165) is 23.4 Å². The van der Waals surface area contributed by atoms with Gasteiger partial charge in [0.15, 0.2) is 0 Å². The van der Waals surface area contributed by atoms with Crippen LogP contribution in [0, 0.1) is 6.92 Å². The molecule has 1 aliphatic carbocycles. The van der Waals surface area contributed by atoms with Gasteiger partial charge in [0.05, 0.1) is 5.56 Å². The summed E-state index contributed by atoms with van der Waals surface area (Å²) < 4.78 is 0. The maximum atomic E-state index is 11.0. The van der Waals surface area contributed by atoms with Crippen molar-refractivity contribution >= 4 is 17.3 Å². The van der Waals surface area contributed by atoms with Crippen LogP contribution in [0.3, 0.4) is 0 Å². The summed E-state index contributed by atoms with van der Waals surface area (Å²) in [6.07, 6.45) is 3.58. The molecule has 2 aromatic carbocycles. The average molecular weight is 267 g/mol. The molecule has 1 aliphatic rings. The van der Waals surface area contributed by atoms with Gasteiger partial charge in [-0.3, -0.25) is 0 Å². The van der Waals surface area contributed by atoms with Crippen LogP contribution in [0.2, 0.25) is 0 Å². The van der Waals surface area contributed by atoms with Crippen LogP contribution in [0.5, 0.6) is 0 Å². The minimum atomic E-state index is -0.883. The Kier molecular flexibility index (Phi) is 3.18. The third-order valence-corrected chi connectivity index (χ3v) is 3.84. The van der Waals surface area contributed by atoms with Gasteiger partial charge < -0.3 is 10.4 Å². The highest BCUT2D eigenvalue weighted by atomic mass is 16.4. The van der Waals surface area contributed by atoms with Crippen molar-refractivity contribution in [2.75, 3.05) is 5.32 Å². The highest BCUT2D eigenvalue weighted by Gasteiger charge is 2.11. The fourth-order valence-corrected chi connectivity index (χ4v) is 2.80. The zero-order valence-electron chi connectivity index (χ0n) is 11.4. The molecule has 0 bridgehead atoms. The number of carbonyl (C=O) groups is 1. The minimum Gasteiger partial charge on any atom is -0.478 e. The molecule has 2 aromatic rings. The SMILES string of the molecule is Cc1cc(Nc2ccc3c(c2)CCC3)ccc1C(=O)O. The van der Waals surface area contributed by atoms with Crippen molar-refractivity contribution in [3.05, 3.63) is 58.7 Å². The number of fused-ring (bicyclic) bond motifs is 1. The number of hydrogen-bond acceptors (Lipinski definition) is 2. The number of aryl methyl sites for hydroxylation is 3. The molecule has 0 heterocycles. The van der Waals surface area contributed by atoms with Crippen LogP contribution in [0.1, 0.15) is 33.5 Å². The van der Waals surface area contributed by atoms with Gasteiger partial charge in [0.2, 0.25) is 0 Å². The van der Waals surface area contributed by atoms with Crippen molar-refractivity contribution < 1.29 is 9.90 Å². The standard InChI is InChI=1S/C17H17NO2/c1-11-9-14(7-8-16(11)17(19)20)18-15-6-5-12-3-2-4-13(12)10-15/h5-10,18H,2-4H2,1H3,(H,19,20). The highest BCUT2D eigenvalue weighted by Crippen LogP contribution is 2.27. The molecule has 0 saturated carbocycles. The Bertz CT molecular complexity index is 677. The average Bonchev–Trinajstić information content (AvgIpc) is 2.85. The molecule has 0 spiro atoms. The van der Waals surface area contributed by atoms with Crippen LogP contribution in [0.4, 0.5) is 11.4 Å². The smallest absolute Gasteiger partial charge is 0.335 e. The van der Waals surface area contributed by atoms with Gasteiger partial charge in [0.25, 0.3) is 0 Å². The first-order valence-electron chi connectivity index (χ1n) is 6.86. The lowest BCUT2D eigenvalue weighted by Gasteiger charge is -2.10. The fraction of sp³-hybridized carbons (Fsp3) is 0.235. The summed E-state index contributed by atoms with van der Waals surface area (Å²) in [5, 5.41) is 12.4. The second-order valence-corrected chi connectivity index (χ2v) is 5.30. The molecular formula is C17H17NO2. The molecule has 3 heteroatoms. The van der Waals surface area contributed by atoms with Crippen LogP contribution in [-0.4, -0.2) is 11.1 Å². The van der Waals surface area contributed by atoms with E-state index in [1.807, 2.05) is 19.1 Å². The van der Waals surface area contributed by atoms with Crippen LogP contribution >= 0.6 is 0 Å². The third-order valence-electron chi connectivity index (χ3n) is 3.84. The first kappa shape index (κ1) is 12.7. The molecular weight excluding hydrogens is 250 g/mol. The lowest BCUT2D eigenvalue weighted by Crippen LogP contribution is -2.00. The summed E-state index contributed by atoms with van der Waals surface area (Å²) in [5.74, 6) is -0.883. The number of rotatable bonds is 3. The number of benzene rings is 2. The van der Waals surface area contributed by atoms with E-state index in [9.17, 15) is 4.79 Å². The van der Waals surface area contributed by atoms with Crippen LogP contribution < -0.4 is 5.32 Å². The van der Waals surface area contributed by atoms with Crippen molar-refractivity contribution in [1.29, 1.82) is 0 Å². The molecule has 0 fully saturated rings. The molecule has 20 heavy (non-hydrogen) atoms. The van der Waals surface area contributed by atoms with Gasteiger partial charge in [-0.15, -0.1) is 0 Å². The fourth-order valence-electron chi connectivity index (χ4n) is 2.80. The van der Waals surface area contributed by atoms with E-state index < -0.39 is 5.97 Å². The monoisotopic (exact) mass is 267 g/mol. The van der Waals surface area contributed by atoms with Crippen molar-refractivity contribution in [3.8, 4) is 0 Å². The van der Waals surface area contributed by atoms with Gasteiger partial charge in [-0.1, -0.05) is 6.07 Å². The van der Waals surface area contributed by atoms with Crippen molar-refractivity contribution in [1.82, 2.24) is 0 Å². The van der Waals surface area contributed by atoms with Crippen molar-refractivity contribution in [3.63, 3.8) is 0 Å². The van der Waals surface area contributed by atoms with Crippen molar-refractivity contribution in [2.24, 2.45) is 0 Å². The molecule has 0 radical (unpaired) electrons. The Hall–Kier alpha value is -2.29. The molecule has 0 aromatic heterocycles. The first-order chi connectivity index (χ1) is 9.63. The number of hydrogen-bond donors (Lipinski definition) is 2. The van der Waals surface area contributed by atoms with E-state index in [0.29, 0.717) is 5.56 Å². The number of anilines is 2. The highest BCUT2D eigenvalue weighted by molar-refractivity contribution is 5.90. The Morgan fingerprint density at radius 3 is 2.50 bits per heavy atom. The van der Waals surface area contributed by atoms with E-state index in [1.165, 1.54) is 24.0 Å². The van der Waals surface area contributed by atoms with E-state index in [2.05, 4.69) is 23.5 Å². The van der Waals surface area contributed by atoms with Gasteiger partial charge in [0.1, 0.15) is 0 Å². The Labute approximate surface area is 118 Å². The van der Waals surface area contributed by atoms with E-state index >= 15 is 0 Å². The number of aromatic carboxylic acids is 1. The predicted molar refractivity (Wildman–Crippen MR) is 79.9 cm³/mol. The maximum Gasteiger partial charge on any atom is 0.335 e. The molecule has 0 amide bonds. The van der Waals surface area contributed by atoms with Crippen LogP contribution in [0.25, 0.3) is 0 Å². The lowest BCUT2D eigenvalue weighted by molar-refractivity contribution is 0.0696. The second kappa shape index (κ2) is 5.00. The number of carboxylic acid groups (broad SMARTS) is 1. The first-order valence-corrected chi connectivity index (χ1v) is 6.86. The van der Waals surface area contributed by atoms with E-state index in [4.69, 9.17) is 5.11 Å². The molecule has 0 saturated heterocycles. The summed E-state index contributed by atoms with van der Waals surface area (Å²) in [4.78, 5) is 11.0. The quantitative estimate of drug-likeness (QED) is 0.886. The summed E-state index contributed by atoms with van der Waals surface area (Å²) in [6, 6.07) is 11.8. The molecule has 0 atom stereocenters. The summed E-state index contributed by atoms with van der Waals surface area (Å²) >= 11 is 0. The molecule has 102 valence electrons. The Morgan fingerprint density at radius 1 is 1.05 bits per heavy atom. The Morgan fingerprint density at radius 2 is 1.75 bits per heavy atom. The maximum absolute atomic E-state index is 11.0. The minimum absolute atomic E-state index is 0.351. The number of nitrogens with one attached hydrogen (secondary N) is 1. The summed E-state index contributed by atoms with van der Waals surface area (Å²) in [5.41, 5.74) is 5.98. The Balaban J connectivity index is 1.84. The summed E-state index contributed by atoms with van der Waals surface area (Å²) in [6.45, 7) is 1.82. The molecule has 0 aliphatic heterocycles. The van der Waals surface area contributed by atoms with Gasteiger partial charge in [-0.05, 0) is 73.2 Å². The summed E-state index contributed by atoms with van der Waals surface area (Å²) in [7, 11) is 0. The number of carboxylic acids is 1.